The van der Waals surface area contributed by atoms with E-state index in [1.807, 2.05) is 25.3 Å². The van der Waals surface area contributed by atoms with Gasteiger partial charge in [-0.2, -0.15) is 0 Å². The van der Waals surface area contributed by atoms with Gasteiger partial charge >= 0.3 is 0 Å². The van der Waals surface area contributed by atoms with Crippen molar-refractivity contribution in [3.05, 3.63) is 41.7 Å². The average Bonchev–Trinajstić information content (AvgIpc) is 3.35. The summed E-state index contributed by atoms with van der Waals surface area (Å²) in [6, 6.07) is 3.99. The molecule has 2 fully saturated rings. The number of imide groups is 1. The van der Waals surface area contributed by atoms with Crippen LogP contribution >= 0.6 is 0 Å². The summed E-state index contributed by atoms with van der Waals surface area (Å²) in [7, 11) is 1.70. The van der Waals surface area contributed by atoms with Gasteiger partial charge in [0.25, 0.3) is 0 Å². The van der Waals surface area contributed by atoms with Gasteiger partial charge in [0.2, 0.25) is 11.8 Å². The maximum absolute atomic E-state index is 12.7. The van der Waals surface area contributed by atoms with Gasteiger partial charge in [0, 0.05) is 38.6 Å². The number of pyridine rings is 1. The molecule has 1 saturated carbocycles. The van der Waals surface area contributed by atoms with Crippen LogP contribution in [-0.2, 0) is 16.1 Å². The summed E-state index contributed by atoms with van der Waals surface area (Å²) < 4.78 is 0. The molecule has 4 atom stereocenters. The number of rotatable bonds is 5. The van der Waals surface area contributed by atoms with Crippen LogP contribution in [0.4, 0.5) is 0 Å². The van der Waals surface area contributed by atoms with Gasteiger partial charge in [0.05, 0.1) is 11.8 Å². The maximum atomic E-state index is 12.7. The number of carbonyl (C=O) groups is 2. The zero-order chi connectivity index (χ0) is 19.0. The first-order valence-corrected chi connectivity index (χ1v) is 9.48. The van der Waals surface area contributed by atoms with Gasteiger partial charge in [-0.1, -0.05) is 18.2 Å². The van der Waals surface area contributed by atoms with Crippen LogP contribution in [0.5, 0.6) is 0 Å². The minimum Gasteiger partial charge on any atom is -0.355 e. The minimum absolute atomic E-state index is 0.00248. The van der Waals surface area contributed by atoms with E-state index in [4.69, 9.17) is 0 Å². The molecule has 7 heteroatoms. The number of carbonyl (C=O) groups excluding carboxylic acids is 2. The number of nitrogens with one attached hydrogen (secondary N) is 2. The summed E-state index contributed by atoms with van der Waals surface area (Å²) >= 11 is 0. The summed E-state index contributed by atoms with van der Waals surface area (Å²) in [5, 5.41) is 6.40. The van der Waals surface area contributed by atoms with Gasteiger partial charge in [0.1, 0.15) is 0 Å². The Morgan fingerprint density at radius 3 is 2.48 bits per heavy atom. The third-order valence-corrected chi connectivity index (χ3v) is 5.85. The van der Waals surface area contributed by atoms with Crippen molar-refractivity contribution >= 4 is 17.8 Å². The lowest BCUT2D eigenvalue weighted by molar-refractivity contribution is -0.140. The zero-order valence-electron chi connectivity index (χ0n) is 15.7. The molecule has 1 aromatic rings. The Labute approximate surface area is 158 Å². The van der Waals surface area contributed by atoms with E-state index >= 15 is 0 Å². The van der Waals surface area contributed by atoms with E-state index in [1.54, 1.807) is 7.05 Å². The molecule has 0 radical (unpaired) electrons. The second-order valence-electron chi connectivity index (χ2n) is 7.49. The smallest absolute Gasteiger partial charge is 0.233 e. The molecule has 4 rings (SSSR count). The van der Waals surface area contributed by atoms with Crippen LogP contribution in [0.15, 0.2) is 35.5 Å². The highest BCUT2D eigenvalue weighted by molar-refractivity contribution is 6.06. The monoisotopic (exact) mass is 367 g/mol. The van der Waals surface area contributed by atoms with Crippen LogP contribution < -0.4 is 10.6 Å². The highest BCUT2D eigenvalue weighted by atomic mass is 16.2. The lowest BCUT2D eigenvalue weighted by Crippen LogP contribution is -2.43. The normalized spacial score (nSPS) is 28.8. The molecule has 27 heavy (non-hydrogen) atoms. The van der Waals surface area contributed by atoms with Crippen molar-refractivity contribution in [2.45, 2.75) is 19.9 Å². The molecule has 4 unspecified atom stereocenters. The maximum Gasteiger partial charge on any atom is 0.233 e. The molecule has 142 valence electrons. The number of fused-ring (bicyclic) bond motifs is 5. The van der Waals surface area contributed by atoms with E-state index in [9.17, 15) is 9.59 Å². The quantitative estimate of drug-likeness (QED) is 0.349. The molecule has 1 saturated heterocycles. The highest BCUT2D eigenvalue weighted by Crippen LogP contribution is 2.52. The summed E-state index contributed by atoms with van der Waals surface area (Å²) in [5.74, 6) is 0.892. The number of likely N-dealkylation sites (tertiary alicyclic amines) is 1. The molecule has 1 aliphatic heterocycles. The third-order valence-electron chi connectivity index (χ3n) is 5.85. The number of hydrogen-bond acceptors (Lipinski definition) is 4. The Morgan fingerprint density at radius 2 is 1.89 bits per heavy atom. The topological polar surface area (TPSA) is 86.7 Å². The molecule has 2 bridgehead atoms. The number of aliphatic imine (C=N–C) groups is 1. The summed E-state index contributed by atoms with van der Waals surface area (Å²) in [6.45, 7) is 3.41. The van der Waals surface area contributed by atoms with Crippen molar-refractivity contribution in [1.29, 1.82) is 0 Å². The van der Waals surface area contributed by atoms with Gasteiger partial charge in [-0.05, 0) is 36.8 Å². The number of allylic oxidation sites excluding steroid dienone is 2. The van der Waals surface area contributed by atoms with Crippen molar-refractivity contribution in [3.63, 3.8) is 0 Å². The molecule has 7 nitrogen and oxygen atoms in total. The lowest BCUT2D eigenvalue weighted by atomic mass is 9.85. The van der Waals surface area contributed by atoms with Crippen LogP contribution in [0.1, 0.15) is 17.7 Å². The number of aromatic nitrogens is 1. The van der Waals surface area contributed by atoms with E-state index in [0.717, 1.165) is 17.7 Å². The Kier molecular flexibility index (Phi) is 4.68. The Hall–Kier alpha value is -2.70. The summed E-state index contributed by atoms with van der Waals surface area (Å²) in [5.41, 5.74) is 2.04. The van der Waals surface area contributed by atoms with Gasteiger partial charge in [-0.3, -0.25) is 24.5 Å². The molecular formula is C20H25N5O2. The third kappa shape index (κ3) is 3.22. The van der Waals surface area contributed by atoms with Crippen LogP contribution in [0.25, 0.3) is 0 Å². The number of guanidine groups is 1. The van der Waals surface area contributed by atoms with Crippen LogP contribution in [0, 0.1) is 30.6 Å². The Bertz CT molecular complexity index is 771. The number of hydrogen-bond donors (Lipinski definition) is 2. The Balaban J connectivity index is 1.27. The fraction of sp³-hybridized carbons (Fsp3) is 0.500. The van der Waals surface area contributed by atoms with E-state index in [0.29, 0.717) is 25.6 Å². The Morgan fingerprint density at radius 1 is 1.19 bits per heavy atom. The lowest BCUT2D eigenvalue weighted by Gasteiger charge is -2.18. The van der Waals surface area contributed by atoms with Gasteiger partial charge in [0.15, 0.2) is 5.96 Å². The first-order chi connectivity index (χ1) is 13.1. The molecule has 3 aliphatic rings. The summed E-state index contributed by atoms with van der Waals surface area (Å²) in [6.07, 6.45) is 7.02. The molecule has 2 heterocycles. The predicted molar refractivity (Wildman–Crippen MR) is 102 cm³/mol. The van der Waals surface area contributed by atoms with Crippen LogP contribution in [0.3, 0.4) is 0 Å². The largest absolute Gasteiger partial charge is 0.355 e. The number of nitrogens with zero attached hydrogens (tertiary/aromatic N) is 3. The van der Waals surface area contributed by atoms with Crippen molar-refractivity contribution < 1.29 is 9.59 Å². The fourth-order valence-electron chi connectivity index (χ4n) is 4.48. The van der Waals surface area contributed by atoms with E-state index in [1.165, 1.54) is 4.90 Å². The molecule has 2 aliphatic carbocycles. The molecule has 0 spiro atoms. The van der Waals surface area contributed by atoms with Crippen molar-refractivity contribution in [3.8, 4) is 0 Å². The van der Waals surface area contributed by atoms with E-state index < -0.39 is 0 Å². The standard InChI is InChI=1S/C20H25N5O2/c1-12-3-4-13(10-23-12)11-24-20(21-2)22-7-8-25-18(26)16-14-5-6-15(9-14)17(16)19(25)27/h3-6,10,14-17H,7-9,11H2,1-2H3,(H2,21,22,24). The molecular weight excluding hydrogens is 342 g/mol. The molecule has 0 aromatic carbocycles. The second kappa shape index (κ2) is 7.13. The number of aryl methyl sites for hydroxylation is 1. The first kappa shape index (κ1) is 17.7. The average molecular weight is 367 g/mol. The highest BCUT2D eigenvalue weighted by Gasteiger charge is 2.58. The van der Waals surface area contributed by atoms with Crippen molar-refractivity contribution in [2.75, 3.05) is 20.1 Å². The molecule has 1 aromatic heterocycles. The van der Waals surface area contributed by atoms with E-state index in [2.05, 4.69) is 32.8 Å². The SMILES string of the molecule is CN=C(NCCN1C(=O)C2C3C=CC(C3)C2C1=O)NCc1ccc(C)nc1. The molecule has 2 amide bonds. The number of amides is 2. The fourth-order valence-corrected chi connectivity index (χ4v) is 4.48. The van der Waals surface area contributed by atoms with Gasteiger partial charge in [-0.25, -0.2) is 0 Å². The van der Waals surface area contributed by atoms with Crippen LogP contribution in [-0.4, -0.2) is 47.8 Å². The summed E-state index contributed by atoms with van der Waals surface area (Å²) in [4.78, 5) is 35.2. The predicted octanol–water partition coefficient (Wildman–Crippen LogP) is 0.862. The van der Waals surface area contributed by atoms with Gasteiger partial charge < -0.3 is 10.6 Å². The second-order valence-corrected chi connectivity index (χ2v) is 7.49. The van der Waals surface area contributed by atoms with Crippen molar-refractivity contribution in [2.24, 2.45) is 28.7 Å². The zero-order valence-corrected chi connectivity index (χ0v) is 15.7. The van der Waals surface area contributed by atoms with Gasteiger partial charge in [-0.15, -0.1) is 0 Å². The minimum atomic E-state index is -0.126. The molecule has 2 N–H and O–H groups in total. The van der Waals surface area contributed by atoms with E-state index in [-0.39, 0.29) is 35.5 Å². The van der Waals surface area contributed by atoms with Crippen molar-refractivity contribution in [1.82, 2.24) is 20.5 Å². The van der Waals surface area contributed by atoms with Crippen LogP contribution in [0.2, 0.25) is 0 Å². The first-order valence-electron chi connectivity index (χ1n) is 9.48.